The zero-order valence-electron chi connectivity index (χ0n) is 12.9. The Bertz CT molecular complexity index is 582. The molecule has 1 atom stereocenters. The molecule has 2 aliphatic rings. The Morgan fingerprint density at radius 1 is 1.32 bits per heavy atom. The van der Waals surface area contributed by atoms with Gasteiger partial charge < -0.3 is 15.1 Å². The van der Waals surface area contributed by atoms with Crippen molar-refractivity contribution in [1.29, 1.82) is 0 Å². The number of carbonyl (C=O) groups excluding carboxylic acids is 2. The van der Waals surface area contributed by atoms with Gasteiger partial charge in [0, 0.05) is 37.5 Å². The number of hydrogen-bond acceptors (Lipinski definition) is 4. The Morgan fingerprint density at radius 2 is 2.09 bits per heavy atom. The van der Waals surface area contributed by atoms with Crippen molar-refractivity contribution in [3.05, 3.63) is 22.6 Å². The third-order valence-corrected chi connectivity index (χ3v) is 4.66. The molecular formula is C16H23ClN2O3. The van der Waals surface area contributed by atoms with Crippen molar-refractivity contribution in [1.82, 2.24) is 4.90 Å². The molecule has 1 aliphatic carbocycles. The molecule has 6 heteroatoms. The highest BCUT2D eigenvalue weighted by Crippen LogP contribution is 2.31. The second-order valence-electron chi connectivity index (χ2n) is 6.01. The highest BCUT2D eigenvalue weighted by Gasteiger charge is 2.33. The van der Waals surface area contributed by atoms with Gasteiger partial charge in [-0.2, -0.15) is 0 Å². The summed E-state index contributed by atoms with van der Waals surface area (Å²) in [6.07, 6.45) is 5.16. The van der Waals surface area contributed by atoms with E-state index in [2.05, 4.69) is 0 Å². The first kappa shape index (κ1) is 17.0. The van der Waals surface area contributed by atoms with Gasteiger partial charge in [0.05, 0.1) is 5.56 Å². The quantitative estimate of drug-likeness (QED) is 0.905. The number of halogens is 1. The van der Waals surface area contributed by atoms with Gasteiger partial charge in [0.15, 0.2) is 11.5 Å². The largest absolute Gasteiger partial charge is 0.455 e. The summed E-state index contributed by atoms with van der Waals surface area (Å²) in [5.74, 6) is 1.03. The molecule has 0 bridgehead atoms. The van der Waals surface area contributed by atoms with Crippen LogP contribution in [0.5, 0.6) is 0 Å². The number of fused-ring (bicyclic) bond motifs is 1. The Morgan fingerprint density at radius 3 is 2.77 bits per heavy atom. The smallest absolute Gasteiger partial charge is 0.290 e. The van der Waals surface area contributed by atoms with Crippen molar-refractivity contribution in [3.63, 3.8) is 0 Å². The van der Waals surface area contributed by atoms with E-state index in [1.54, 1.807) is 0 Å². The van der Waals surface area contributed by atoms with Gasteiger partial charge in [0.2, 0.25) is 0 Å². The number of furan rings is 1. The molecular weight excluding hydrogens is 304 g/mol. The van der Waals surface area contributed by atoms with Crippen molar-refractivity contribution in [2.75, 3.05) is 13.1 Å². The van der Waals surface area contributed by atoms with Crippen molar-refractivity contribution in [2.45, 2.75) is 51.5 Å². The number of ketones is 1. The number of amides is 1. The number of rotatable bonds is 2. The maximum atomic E-state index is 12.8. The zero-order chi connectivity index (χ0) is 15.0. The standard InChI is InChI=1S/C16H22N2O3.ClH/c1-10-14-12(19)6-4-7-13(14)21-15(10)16(20)18-8-3-2-5-11(18)9-17;/h11H,2-9,17H2,1H3;1H. The van der Waals surface area contributed by atoms with Crippen molar-refractivity contribution in [3.8, 4) is 0 Å². The lowest BCUT2D eigenvalue weighted by molar-refractivity contribution is 0.0587. The molecule has 122 valence electrons. The maximum Gasteiger partial charge on any atom is 0.290 e. The number of likely N-dealkylation sites (tertiary alicyclic amines) is 1. The van der Waals surface area contributed by atoms with E-state index in [1.807, 2.05) is 11.8 Å². The van der Waals surface area contributed by atoms with E-state index in [4.69, 9.17) is 10.2 Å². The third-order valence-electron chi connectivity index (χ3n) is 4.66. The highest BCUT2D eigenvalue weighted by molar-refractivity contribution is 6.03. The molecule has 1 aromatic heterocycles. The van der Waals surface area contributed by atoms with Crippen LogP contribution in [0, 0.1) is 6.92 Å². The van der Waals surface area contributed by atoms with Gasteiger partial charge in [-0.05, 0) is 32.6 Å². The topological polar surface area (TPSA) is 76.5 Å². The average Bonchev–Trinajstić information content (AvgIpc) is 2.85. The van der Waals surface area contributed by atoms with Gasteiger partial charge in [0.25, 0.3) is 5.91 Å². The van der Waals surface area contributed by atoms with Crippen molar-refractivity contribution in [2.24, 2.45) is 5.73 Å². The van der Waals surface area contributed by atoms with E-state index >= 15 is 0 Å². The number of piperidine rings is 1. The van der Waals surface area contributed by atoms with Crippen LogP contribution in [-0.2, 0) is 6.42 Å². The molecule has 0 aromatic carbocycles. The summed E-state index contributed by atoms with van der Waals surface area (Å²) < 4.78 is 5.76. The number of aryl methyl sites for hydroxylation is 1. The molecule has 1 saturated heterocycles. The molecule has 2 heterocycles. The third kappa shape index (κ3) is 2.79. The fourth-order valence-electron chi connectivity index (χ4n) is 3.50. The monoisotopic (exact) mass is 326 g/mol. The van der Waals surface area contributed by atoms with E-state index in [9.17, 15) is 9.59 Å². The van der Waals surface area contributed by atoms with Crippen molar-refractivity contribution >= 4 is 24.1 Å². The van der Waals surface area contributed by atoms with Crippen LogP contribution in [0.1, 0.15) is 64.3 Å². The summed E-state index contributed by atoms with van der Waals surface area (Å²) in [6, 6.07) is 0.0866. The number of nitrogens with zero attached hydrogens (tertiary/aromatic N) is 1. The van der Waals surface area contributed by atoms with Gasteiger partial charge in [0.1, 0.15) is 5.76 Å². The predicted octanol–water partition coefficient (Wildman–Crippen LogP) is 2.48. The second kappa shape index (κ2) is 6.84. The first-order valence-corrected chi connectivity index (χ1v) is 7.80. The molecule has 1 fully saturated rings. The van der Waals surface area contributed by atoms with Crippen LogP contribution >= 0.6 is 12.4 Å². The molecule has 1 aromatic rings. The number of hydrogen-bond donors (Lipinski definition) is 1. The minimum Gasteiger partial charge on any atom is -0.455 e. The Hall–Kier alpha value is -1.33. The first-order valence-electron chi connectivity index (χ1n) is 7.80. The molecule has 0 spiro atoms. The van der Waals surface area contributed by atoms with Gasteiger partial charge in [-0.25, -0.2) is 0 Å². The van der Waals surface area contributed by atoms with E-state index < -0.39 is 0 Å². The fraction of sp³-hybridized carbons (Fsp3) is 0.625. The van der Waals surface area contributed by atoms with Crippen LogP contribution in [0.4, 0.5) is 0 Å². The van der Waals surface area contributed by atoms with Crippen LogP contribution in [-0.4, -0.2) is 35.7 Å². The summed E-state index contributed by atoms with van der Waals surface area (Å²) in [5.41, 5.74) is 7.14. The maximum absolute atomic E-state index is 12.8. The summed E-state index contributed by atoms with van der Waals surface area (Å²) in [5, 5.41) is 0. The van der Waals surface area contributed by atoms with Gasteiger partial charge >= 0.3 is 0 Å². The van der Waals surface area contributed by atoms with Gasteiger partial charge in [-0.3, -0.25) is 9.59 Å². The predicted molar refractivity (Wildman–Crippen MR) is 85.7 cm³/mol. The first-order chi connectivity index (χ1) is 10.1. The summed E-state index contributed by atoms with van der Waals surface area (Å²) in [7, 11) is 0. The van der Waals surface area contributed by atoms with E-state index in [0.717, 1.165) is 38.6 Å². The van der Waals surface area contributed by atoms with Crippen LogP contribution in [0.3, 0.4) is 0 Å². The molecule has 22 heavy (non-hydrogen) atoms. The van der Waals surface area contributed by atoms with E-state index in [-0.39, 0.29) is 30.1 Å². The second-order valence-corrected chi connectivity index (χ2v) is 6.01. The van der Waals surface area contributed by atoms with Crippen LogP contribution in [0.25, 0.3) is 0 Å². The molecule has 1 unspecified atom stereocenters. The van der Waals surface area contributed by atoms with Gasteiger partial charge in [-0.15, -0.1) is 12.4 Å². The lowest BCUT2D eigenvalue weighted by Crippen LogP contribution is -2.47. The molecule has 5 nitrogen and oxygen atoms in total. The average molecular weight is 327 g/mol. The van der Waals surface area contributed by atoms with Crippen LogP contribution in [0.15, 0.2) is 4.42 Å². The summed E-state index contributed by atoms with van der Waals surface area (Å²) in [6.45, 7) is 3.02. The van der Waals surface area contributed by atoms with E-state index in [0.29, 0.717) is 35.6 Å². The normalized spacial score (nSPS) is 21.3. The molecule has 0 radical (unpaired) electrons. The molecule has 1 aliphatic heterocycles. The molecule has 2 N–H and O–H groups in total. The molecule has 0 saturated carbocycles. The Kier molecular flexibility index (Phi) is 5.29. The summed E-state index contributed by atoms with van der Waals surface area (Å²) >= 11 is 0. The molecule has 3 rings (SSSR count). The zero-order valence-corrected chi connectivity index (χ0v) is 13.7. The Labute approximate surface area is 136 Å². The van der Waals surface area contributed by atoms with Crippen LogP contribution in [0.2, 0.25) is 0 Å². The lowest BCUT2D eigenvalue weighted by atomic mass is 9.93. The minimum atomic E-state index is -0.107. The summed E-state index contributed by atoms with van der Waals surface area (Å²) in [4.78, 5) is 26.6. The fourth-order valence-corrected chi connectivity index (χ4v) is 3.50. The number of nitrogens with two attached hydrogens (primary N) is 1. The SMILES string of the molecule is Cc1c(C(=O)N2CCCCC2CN)oc2c1C(=O)CCC2.Cl. The minimum absolute atomic E-state index is 0. The number of Topliss-reactive ketones (excluding diaryl/α,β-unsaturated/α-hetero) is 1. The Balaban J connectivity index is 0.00000176. The number of carbonyl (C=O) groups is 2. The lowest BCUT2D eigenvalue weighted by Gasteiger charge is -2.34. The van der Waals surface area contributed by atoms with Crippen LogP contribution < -0.4 is 5.73 Å². The van der Waals surface area contributed by atoms with E-state index in [1.165, 1.54) is 0 Å². The highest BCUT2D eigenvalue weighted by atomic mass is 35.5. The van der Waals surface area contributed by atoms with Crippen molar-refractivity contribution < 1.29 is 14.0 Å². The van der Waals surface area contributed by atoms with Gasteiger partial charge in [-0.1, -0.05) is 0 Å². The molecule has 1 amide bonds.